The highest BCUT2D eigenvalue weighted by Gasteiger charge is 2.17. The van der Waals surface area contributed by atoms with Crippen LogP contribution in [0.4, 0.5) is 0 Å². The topological polar surface area (TPSA) is 72.8 Å². The summed E-state index contributed by atoms with van der Waals surface area (Å²) in [5.74, 6) is -0.689. The summed E-state index contributed by atoms with van der Waals surface area (Å²) in [6.07, 6.45) is 5.87. The second kappa shape index (κ2) is 11.1. The average molecular weight is 298 g/mol. The van der Waals surface area contributed by atoms with Gasteiger partial charge in [-0.05, 0) is 39.5 Å². The monoisotopic (exact) mass is 298 g/mol. The quantitative estimate of drug-likeness (QED) is 0.623. The predicted octanol–water partition coefficient (Wildman–Crippen LogP) is 2.54. The smallest absolute Gasteiger partial charge is 0.333 e. The molecule has 1 fully saturated rings. The molecule has 0 aromatic heterocycles. The van der Waals surface area contributed by atoms with Gasteiger partial charge >= 0.3 is 11.9 Å². The van der Waals surface area contributed by atoms with Gasteiger partial charge in [0.1, 0.15) is 12.7 Å². The number of aliphatic hydroxyl groups is 1. The molecule has 0 aliphatic heterocycles. The molecule has 1 aliphatic carbocycles. The predicted molar refractivity (Wildman–Crippen MR) is 80.6 cm³/mol. The van der Waals surface area contributed by atoms with E-state index in [0.717, 1.165) is 12.8 Å². The summed E-state index contributed by atoms with van der Waals surface area (Å²) in [5, 5.41) is 8.19. The molecule has 0 atom stereocenters. The fraction of sp³-hybridized carbons (Fsp3) is 0.625. The second-order valence-electron chi connectivity index (χ2n) is 5.09. The summed E-state index contributed by atoms with van der Waals surface area (Å²) < 4.78 is 9.68. The molecular weight excluding hydrogens is 272 g/mol. The van der Waals surface area contributed by atoms with Crippen LogP contribution in [0.15, 0.2) is 24.3 Å². The van der Waals surface area contributed by atoms with Gasteiger partial charge in [-0.1, -0.05) is 19.6 Å². The molecule has 21 heavy (non-hydrogen) atoms. The van der Waals surface area contributed by atoms with Gasteiger partial charge in [-0.25, -0.2) is 9.59 Å². The fourth-order valence-electron chi connectivity index (χ4n) is 1.70. The lowest BCUT2D eigenvalue weighted by Gasteiger charge is -2.21. The van der Waals surface area contributed by atoms with Crippen LogP contribution in [0.1, 0.15) is 46.0 Å². The number of carbonyl (C=O) groups excluding carboxylic acids is 2. The number of carbonyl (C=O) groups is 2. The maximum absolute atomic E-state index is 11.1. The zero-order chi connectivity index (χ0) is 16.3. The molecule has 0 aromatic carbocycles. The van der Waals surface area contributed by atoms with Crippen LogP contribution in [0.25, 0.3) is 0 Å². The van der Waals surface area contributed by atoms with Gasteiger partial charge in [0.05, 0.1) is 6.61 Å². The Morgan fingerprint density at radius 1 is 1.05 bits per heavy atom. The highest BCUT2D eigenvalue weighted by atomic mass is 16.5. The van der Waals surface area contributed by atoms with Crippen molar-refractivity contribution in [3.05, 3.63) is 24.3 Å². The maximum atomic E-state index is 11.1. The van der Waals surface area contributed by atoms with Crippen LogP contribution in [-0.4, -0.2) is 36.4 Å². The molecule has 120 valence electrons. The average Bonchev–Trinajstić information content (AvgIpc) is 2.46. The van der Waals surface area contributed by atoms with Gasteiger partial charge in [-0.15, -0.1) is 0 Å². The van der Waals surface area contributed by atoms with Crippen LogP contribution in [-0.2, 0) is 19.1 Å². The SMILES string of the molecule is C=C(C)C(=O)OC1CCCCC1.C=C(C)C(=O)OCCO. The van der Waals surface area contributed by atoms with E-state index >= 15 is 0 Å². The summed E-state index contributed by atoms with van der Waals surface area (Å²) in [6, 6.07) is 0. The Balaban J connectivity index is 0.000000400. The van der Waals surface area contributed by atoms with Gasteiger partial charge in [0.2, 0.25) is 0 Å². The number of aliphatic hydroxyl groups excluding tert-OH is 1. The standard InChI is InChI=1S/C10H16O2.C6H10O3/c1-8(2)10(11)12-9-6-4-3-5-7-9;1-5(2)6(8)9-4-3-7/h9H,1,3-7H2,2H3;7H,1,3-4H2,2H3. The van der Waals surface area contributed by atoms with E-state index in [4.69, 9.17) is 9.84 Å². The molecule has 5 heteroatoms. The zero-order valence-corrected chi connectivity index (χ0v) is 13.0. The van der Waals surface area contributed by atoms with Crippen LogP contribution >= 0.6 is 0 Å². The van der Waals surface area contributed by atoms with Crippen LogP contribution in [0.3, 0.4) is 0 Å². The number of hydrogen-bond acceptors (Lipinski definition) is 5. The second-order valence-corrected chi connectivity index (χ2v) is 5.09. The van der Waals surface area contributed by atoms with E-state index in [1.54, 1.807) is 13.8 Å². The molecule has 0 spiro atoms. The molecule has 0 heterocycles. The van der Waals surface area contributed by atoms with Crippen molar-refractivity contribution in [3.63, 3.8) is 0 Å². The molecule has 0 bridgehead atoms. The molecule has 0 radical (unpaired) electrons. The van der Waals surface area contributed by atoms with Gasteiger partial charge in [-0.2, -0.15) is 0 Å². The fourth-order valence-corrected chi connectivity index (χ4v) is 1.70. The number of rotatable bonds is 5. The lowest BCUT2D eigenvalue weighted by Crippen LogP contribution is -2.20. The van der Waals surface area contributed by atoms with Crippen molar-refractivity contribution in [1.29, 1.82) is 0 Å². The van der Waals surface area contributed by atoms with Gasteiger partial charge < -0.3 is 14.6 Å². The summed E-state index contributed by atoms with van der Waals surface area (Å²) >= 11 is 0. The van der Waals surface area contributed by atoms with E-state index in [1.165, 1.54) is 19.3 Å². The molecule has 5 nitrogen and oxygen atoms in total. The van der Waals surface area contributed by atoms with Crippen molar-refractivity contribution in [3.8, 4) is 0 Å². The van der Waals surface area contributed by atoms with Crippen LogP contribution < -0.4 is 0 Å². The Morgan fingerprint density at radius 2 is 1.57 bits per heavy atom. The van der Waals surface area contributed by atoms with E-state index in [1.807, 2.05) is 0 Å². The van der Waals surface area contributed by atoms with Crippen LogP contribution in [0.2, 0.25) is 0 Å². The Hall–Kier alpha value is -1.62. The molecule has 1 saturated carbocycles. The van der Waals surface area contributed by atoms with E-state index in [2.05, 4.69) is 17.9 Å². The largest absolute Gasteiger partial charge is 0.460 e. The van der Waals surface area contributed by atoms with Gasteiger partial charge in [0.25, 0.3) is 0 Å². The lowest BCUT2D eigenvalue weighted by atomic mass is 9.98. The van der Waals surface area contributed by atoms with Crippen LogP contribution in [0.5, 0.6) is 0 Å². The van der Waals surface area contributed by atoms with Crippen molar-refractivity contribution in [2.45, 2.75) is 52.1 Å². The van der Waals surface area contributed by atoms with E-state index < -0.39 is 5.97 Å². The van der Waals surface area contributed by atoms with E-state index in [9.17, 15) is 9.59 Å². The highest BCUT2D eigenvalue weighted by Crippen LogP contribution is 2.20. The summed E-state index contributed by atoms with van der Waals surface area (Å²) in [7, 11) is 0. The minimum Gasteiger partial charge on any atom is -0.460 e. The molecule has 0 amide bonds. The molecule has 0 unspecified atom stereocenters. The highest BCUT2D eigenvalue weighted by molar-refractivity contribution is 5.87. The van der Waals surface area contributed by atoms with Crippen molar-refractivity contribution >= 4 is 11.9 Å². The molecule has 1 aliphatic rings. The normalized spacial score (nSPS) is 14.4. The third-order valence-corrected chi connectivity index (χ3v) is 2.85. The summed E-state index contributed by atoms with van der Waals surface area (Å²) in [6.45, 7) is 10.0. The Bertz CT molecular complexity index is 367. The van der Waals surface area contributed by atoms with Crippen LogP contribution in [0, 0.1) is 0 Å². The van der Waals surface area contributed by atoms with Crippen molar-refractivity contribution < 1.29 is 24.2 Å². The molecule has 0 saturated heterocycles. The van der Waals surface area contributed by atoms with Crippen molar-refractivity contribution in [1.82, 2.24) is 0 Å². The third-order valence-electron chi connectivity index (χ3n) is 2.85. The van der Waals surface area contributed by atoms with Gasteiger partial charge in [0, 0.05) is 11.1 Å². The molecule has 1 N–H and O–H groups in total. The number of hydrogen-bond donors (Lipinski definition) is 1. The first-order valence-electron chi connectivity index (χ1n) is 7.18. The van der Waals surface area contributed by atoms with Gasteiger partial charge in [0.15, 0.2) is 0 Å². The van der Waals surface area contributed by atoms with E-state index in [-0.39, 0.29) is 25.3 Å². The first-order chi connectivity index (χ1) is 9.88. The zero-order valence-electron chi connectivity index (χ0n) is 13.0. The Labute approximate surface area is 126 Å². The Kier molecular flexibility index (Phi) is 10.2. The summed E-state index contributed by atoms with van der Waals surface area (Å²) in [4.78, 5) is 21.6. The van der Waals surface area contributed by atoms with Crippen molar-refractivity contribution in [2.24, 2.45) is 0 Å². The summed E-state index contributed by atoms with van der Waals surface area (Å²) in [5.41, 5.74) is 0.851. The number of esters is 2. The Morgan fingerprint density at radius 3 is 2.00 bits per heavy atom. The third kappa shape index (κ3) is 9.85. The van der Waals surface area contributed by atoms with E-state index in [0.29, 0.717) is 11.1 Å². The first-order valence-corrected chi connectivity index (χ1v) is 7.18. The number of ether oxygens (including phenoxy) is 2. The lowest BCUT2D eigenvalue weighted by molar-refractivity contribution is -0.145. The first kappa shape index (κ1) is 19.4. The van der Waals surface area contributed by atoms with Gasteiger partial charge in [-0.3, -0.25) is 0 Å². The minimum absolute atomic E-state index is 0.0473. The molecular formula is C16H26O5. The minimum atomic E-state index is -0.455. The molecule has 1 rings (SSSR count). The van der Waals surface area contributed by atoms with Crippen molar-refractivity contribution in [2.75, 3.05) is 13.2 Å². The molecule has 0 aromatic rings. The maximum Gasteiger partial charge on any atom is 0.333 e.